The zero-order valence-electron chi connectivity index (χ0n) is 17.5. The minimum atomic E-state index is -0.678. The second-order valence-corrected chi connectivity index (χ2v) is 8.53. The van der Waals surface area contributed by atoms with E-state index in [0.29, 0.717) is 31.1 Å². The van der Waals surface area contributed by atoms with Gasteiger partial charge in [-0.05, 0) is 55.5 Å². The Morgan fingerprint density at radius 2 is 1.84 bits per heavy atom. The number of ether oxygens (including phenoxy) is 1. The molecular weight excluding hydrogens is 394 g/mol. The Morgan fingerprint density at radius 1 is 1.03 bits per heavy atom. The number of anilines is 2. The number of carbonyl (C=O) groups is 3. The number of piperazine rings is 1. The van der Waals surface area contributed by atoms with Gasteiger partial charge in [-0.2, -0.15) is 0 Å². The molecule has 3 aliphatic rings. The number of hydrogen-bond donors (Lipinski definition) is 1. The SMILES string of the molecule is C[C@@H]1CN(C(=O)C(=O)Nc2ccc3c(c2)OC(=O)C3)CCN1c1ccc2c(c1)CCC2. The van der Waals surface area contributed by atoms with Gasteiger partial charge in [0.05, 0.1) is 6.42 Å². The first-order valence-electron chi connectivity index (χ1n) is 10.8. The van der Waals surface area contributed by atoms with Gasteiger partial charge in [-0.3, -0.25) is 14.4 Å². The maximum atomic E-state index is 12.7. The molecule has 7 heteroatoms. The van der Waals surface area contributed by atoms with Gasteiger partial charge in [0, 0.05) is 48.7 Å². The van der Waals surface area contributed by atoms with E-state index in [1.807, 2.05) is 0 Å². The van der Waals surface area contributed by atoms with Crippen molar-refractivity contribution in [1.29, 1.82) is 0 Å². The maximum Gasteiger partial charge on any atom is 0.315 e. The molecule has 160 valence electrons. The van der Waals surface area contributed by atoms with Gasteiger partial charge in [-0.25, -0.2) is 0 Å². The second kappa shape index (κ2) is 7.72. The molecule has 5 rings (SSSR count). The van der Waals surface area contributed by atoms with Crippen molar-refractivity contribution in [3.05, 3.63) is 53.1 Å². The maximum absolute atomic E-state index is 12.7. The number of aryl methyl sites for hydroxylation is 2. The van der Waals surface area contributed by atoms with E-state index in [-0.39, 0.29) is 18.4 Å². The molecule has 0 saturated carbocycles. The molecule has 2 aliphatic heterocycles. The van der Waals surface area contributed by atoms with E-state index in [2.05, 4.69) is 35.3 Å². The van der Waals surface area contributed by atoms with Crippen LogP contribution in [0.25, 0.3) is 0 Å². The molecule has 0 spiro atoms. The van der Waals surface area contributed by atoms with Crippen LogP contribution in [0.15, 0.2) is 36.4 Å². The van der Waals surface area contributed by atoms with Crippen LogP contribution in [0.5, 0.6) is 5.75 Å². The lowest BCUT2D eigenvalue weighted by atomic mass is 10.1. The Kier molecular flexibility index (Phi) is 4.88. The quantitative estimate of drug-likeness (QED) is 0.459. The summed E-state index contributed by atoms with van der Waals surface area (Å²) in [5.41, 5.74) is 5.30. The van der Waals surface area contributed by atoms with Gasteiger partial charge in [0.1, 0.15) is 5.75 Å². The number of esters is 1. The smallest absolute Gasteiger partial charge is 0.315 e. The van der Waals surface area contributed by atoms with Crippen LogP contribution in [0, 0.1) is 0 Å². The van der Waals surface area contributed by atoms with Gasteiger partial charge in [-0.15, -0.1) is 0 Å². The van der Waals surface area contributed by atoms with Crippen LogP contribution in [0.3, 0.4) is 0 Å². The van der Waals surface area contributed by atoms with Crippen LogP contribution < -0.4 is 15.0 Å². The zero-order valence-corrected chi connectivity index (χ0v) is 17.5. The van der Waals surface area contributed by atoms with Crippen molar-refractivity contribution < 1.29 is 19.1 Å². The Morgan fingerprint density at radius 3 is 2.68 bits per heavy atom. The molecule has 2 aromatic carbocycles. The molecule has 1 aliphatic carbocycles. The molecule has 0 aromatic heterocycles. The number of fused-ring (bicyclic) bond motifs is 2. The first-order valence-corrected chi connectivity index (χ1v) is 10.8. The molecule has 2 amide bonds. The number of nitrogens with one attached hydrogen (secondary N) is 1. The van der Waals surface area contributed by atoms with E-state index in [1.54, 1.807) is 23.1 Å². The number of nitrogens with zero attached hydrogens (tertiary/aromatic N) is 2. The fourth-order valence-corrected chi connectivity index (χ4v) is 4.78. The van der Waals surface area contributed by atoms with Crippen molar-refractivity contribution in [2.45, 2.75) is 38.6 Å². The summed E-state index contributed by atoms with van der Waals surface area (Å²) < 4.78 is 5.11. The van der Waals surface area contributed by atoms with Crippen LogP contribution in [0.4, 0.5) is 11.4 Å². The van der Waals surface area contributed by atoms with E-state index in [4.69, 9.17) is 4.74 Å². The van der Waals surface area contributed by atoms with Gasteiger partial charge >= 0.3 is 17.8 Å². The lowest BCUT2D eigenvalue weighted by molar-refractivity contribution is -0.143. The average Bonchev–Trinajstić information content (AvgIpc) is 3.37. The van der Waals surface area contributed by atoms with E-state index in [0.717, 1.165) is 18.4 Å². The first-order chi connectivity index (χ1) is 15.0. The lowest BCUT2D eigenvalue weighted by Gasteiger charge is -2.41. The Bertz CT molecular complexity index is 1080. The largest absolute Gasteiger partial charge is 0.426 e. The lowest BCUT2D eigenvalue weighted by Crippen LogP contribution is -2.55. The third-order valence-corrected chi connectivity index (χ3v) is 6.41. The zero-order chi connectivity index (χ0) is 21.5. The fourth-order valence-electron chi connectivity index (χ4n) is 4.78. The van der Waals surface area contributed by atoms with Crippen molar-refractivity contribution in [2.24, 2.45) is 0 Å². The number of rotatable bonds is 2. The van der Waals surface area contributed by atoms with Crippen molar-refractivity contribution in [1.82, 2.24) is 4.90 Å². The predicted molar refractivity (Wildman–Crippen MR) is 116 cm³/mol. The van der Waals surface area contributed by atoms with Crippen molar-refractivity contribution in [3.63, 3.8) is 0 Å². The highest BCUT2D eigenvalue weighted by atomic mass is 16.5. The normalized spacial score (nSPS) is 19.6. The minimum Gasteiger partial charge on any atom is -0.426 e. The third kappa shape index (κ3) is 3.76. The number of hydrogen-bond acceptors (Lipinski definition) is 5. The second-order valence-electron chi connectivity index (χ2n) is 8.53. The van der Waals surface area contributed by atoms with E-state index in [1.165, 1.54) is 23.2 Å². The Balaban J connectivity index is 1.21. The van der Waals surface area contributed by atoms with Crippen molar-refractivity contribution in [3.8, 4) is 5.75 Å². The number of benzene rings is 2. The van der Waals surface area contributed by atoms with Gasteiger partial charge in [0.25, 0.3) is 0 Å². The molecule has 0 unspecified atom stereocenters. The van der Waals surface area contributed by atoms with E-state index < -0.39 is 11.8 Å². The minimum absolute atomic E-state index is 0.115. The first kappa shape index (κ1) is 19.6. The van der Waals surface area contributed by atoms with Crippen molar-refractivity contribution >= 4 is 29.2 Å². The highest BCUT2D eigenvalue weighted by Crippen LogP contribution is 2.30. The summed E-state index contributed by atoms with van der Waals surface area (Å²) in [7, 11) is 0. The van der Waals surface area contributed by atoms with E-state index in [9.17, 15) is 14.4 Å². The standard InChI is InChI=1S/C24H25N3O4/c1-15-14-26(9-10-27(15)20-8-6-16-3-2-4-17(16)11-20)24(30)23(29)25-19-7-5-18-12-22(28)31-21(18)13-19/h5-8,11,13,15H,2-4,9-10,12,14H2,1H3,(H,25,29)/t15-/m1/s1. The number of amides is 2. The summed E-state index contributed by atoms with van der Waals surface area (Å²) in [4.78, 5) is 40.6. The Labute approximate surface area is 181 Å². The molecule has 1 N–H and O–H groups in total. The fraction of sp³-hybridized carbons (Fsp3) is 0.375. The molecule has 7 nitrogen and oxygen atoms in total. The Hall–Kier alpha value is -3.35. The monoisotopic (exact) mass is 419 g/mol. The molecule has 0 radical (unpaired) electrons. The third-order valence-electron chi connectivity index (χ3n) is 6.41. The van der Waals surface area contributed by atoms with Gasteiger partial charge < -0.3 is 19.9 Å². The average molecular weight is 419 g/mol. The van der Waals surface area contributed by atoms with Crippen molar-refractivity contribution in [2.75, 3.05) is 29.9 Å². The van der Waals surface area contributed by atoms with Gasteiger partial charge in [0.15, 0.2) is 0 Å². The molecule has 1 atom stereocenters. The van der Waals surface area contributed by atoms with Crippen LogP contribution in [0.1, 0.15) is 30.0 Å². The van der Waals surface area contributed by atoms with Crippen LogP contribution >= 0.6 is 0 Å². The topological polar surface area (TPSA) is 79.0 Å². The highest BCUT2D eigenvalue weighted by Gasteiger charge is 2.31. The molecule has 2 heterocycles. The summed E-state index contributed by atoms with van der Waals surface area (Å²) >= 11 is 0. The van der Waals surface area contributed by atoms with Gasteiger partial charge in [-0.1, -0.05) is 12.1 Å². The van der Waals surface area contributed by atoms with Gasteiger partial charge in [0.2, 0.25) is 0 Å². The molecule has 2 aromatic rings. The van der Waals surface area contributed by atoms with Crippen LogP contribution in [-0.2, 0) is 33.6 Å². The summed E-state index contributed by atoms with van der Waals surface area (Å²) in [5, 5.41) is 2.63. The molecule has 0 bridgehead atoms. The molecule has 1 fully saturated rings. The summed E-state index contributed by atoms with van der Waals surface area (Å²) in [6.07, 6.45) is 3.75. The van der Waals surface area contributed by atoms with Crippen LogP contribution in [0.2, 0.25) is 0 Å². The highest BCUT2D eigenvalue weighted by molar-refractivity contribution is 6.39. The summed E-state index contributed by atoms with van der Waals surface area (Å²) in [6, 6.07) is 11.8. The van der Waals surface area contributed by atoms with Crippen LogP contribution in [-0.4, -0.2) is 48.4 Å². The summed E-state index contributed by atoms with van der Waals surface area (Å²) in [6.45, 7) is 3.76. The predicted octanol–water partition coefficient (Wildman–Crippen LogP) is 2.31. The summed E-state index contributed by atoms with van der Waals surface area (Å²) in [5.74, 6) is -1.10. The van der Waals surface area contributed by atoms with E-state index >= 15 is 0 Å². The molecule has 31 heavy (non-hydrogen) atoms. The molecule has 1 saturated heterocycles. The molecular formula is C24H25N3O4. The number of carbonyl (C=O) groups excluding carboxylic acids is 3.